The van der Waals surface area contributed by atoms with Crippen molar-refractivity contribution in [3.05, 3.63) is 33.8 Å². The van der Waals surface area contributed by atoms with Gasteiger partial charge in [0.2, 0.25) is 0 Å². The van der Waals surface area contributed by atoms with Crippen LogP contribution in [-0.2, 0) is 6.42 Å². The molecular weight excluding hydrogens is 265 g/mol. The number of hydrogen-bond acceptors (Lipinski definition) is 1. The first-order chi connectivity index (χ1) is 8.63. The minimum atomic E-state index is 0.473. The maximum atomic E-state index is 6.27. The molecule has 0 aliphatic carbocycles. The van der Waals surface area contributed by atoms with E-state index >= 15 is 0 Å². The van der Waals surface area contributed by atoms with Crippen LogP contribution in [0.1, 0.15) is 39.2 Å². The van der Waals surface area contributed by atoms with Crippen molar-refractivity contribution in [3.63, 3.8) is 0 Å². The van der Waals surface area contributed by atoms with Crippen LogP contribution in [0.2, 0.25) is 10.0 Å². The van der Waals surface area contributed by atoms with E-state index in [1.165, 1.54) is 12.8 Å². The fourth-order valence-corrected chi connectivity index (χ4v) is 2.87. The average Bonchev–Trinajstić information content (AvgIpc) is 2.36. The summed E-state index contributed by atoms with van der Waals surface area (Å²) in [5.41, 5.74) is 1.14. The topological polar surface area (TPSA) is 12.0 Å². The Hall–Kier alpha value is -0.240. The summed E-state index contributed by atoms with van der Waals surface area (Å²) < 4.78 is 0. The van der Waals surface area contributed by atoms with E-state index in [9.17, 15) is 0 Å². The Morgan fingerprint density at radius 2 is 1.78 bits per heavy atom. The number of hydrogen-bond donors (Lipinski definition) is 1. The largest absolute Gasteiger partial charge is 0.314 e. The van der Waals surface area contributed by atoms with Crippen LogP contribution in [0.3, 0.4) is 0 Å². The second-order valence-electron chi connectivity index (χ2n) is 4.66. The first-order valence-corrected chi connectivity index (χ1v) is 7.55. The first kappa shape index (κ1) is 15.8. The second-order valence-corrected chi connectivity index (χ2v) is 5.44. The van der Waals surface area contributed by atoms with E-state index in [1.54, 1.807) is 0 Å². The number of benzene rings is 1. The fraction of sp³-hybridized carbons (Fsp3) is 0.600. The van der Waals surface area contributed by atoms with E-state index in [-0.39, 0.29) is 0 Å². The van der Waals surface area contributed by atoms with Gasteiger partial charge in [0.25, 0.3) is 0 Å². The molecule has 1 nitrogen and oxygen atoms in total. The number of likely N-dealkylation sites (N-methyl/N-ethyl adjacent to an activating group) is 1. The highest BCUT2D eigenvalue weighted by Crippen LogP contribution is 2.28. The summed E-state index contributed by atoms with van der Waals surface area (Å²) in [5.74, 6) is 0.681. The van der Waals surface area contributed by atoms with Gasteiger partial charge in [0.1, 0.15) is 0 Å². The predicted molar refractivity (Wildman–Crippen MR) is 81.7 cm³/mol. The van der Waals surface area contributed by atoms with Gasteiger partial charge in [-0.2, -0.15) is 0 Å². The number of halogens is 2. The van der Waals surface area contributed by atoms with Crippen LogP contribution in [-0.4, -0.2) is 12.6 Å². The summed E-state index contributed by atoms with van der Waals surface area (Å²) in [6, 6.07) is 6.36. The molecule has 0 heterocycles. The Morgan fingerprint density at radius 1 is 1.11 bits per heavy atom. The van der Waals surface area contributed by atoms with E-state index in [4.69, 9.17) is 23.2 Å². The predicted octanol–water partition coefficient (Wildman–Crippen LogP) is 4.95. The third-order valence-corrected chi connectivity index (χ3v) is 4.41. The van der Waals surface area contributed by atoms with Crippen LogP contribution in [0, 0.1) is 5.92 Å². The van der Waals surface area contributed by atoms with E-state index in [0.717, 1.165) is 18.5 Å². The van der Waals surface area contributed by atoms with E-state index in [2.05, 4.69) is 32.2 Å². The molecule has 0 aliphatic heterocycles. The molecule has 0 fully saturated rings. The summed E-state index contributed by atoms with van der Waals surface area (Å²) in [6.07, 6.45) is 3.32. The van der Waals surface area contributed by atoms with Crippen LogP contribution in [0.4, 0.5) is 0 Å². The summed E-state index contributed by atoms with van der Waals surface area (Å²) in [4.78, 5) is 0. The third-order valence-electron chi connectivity index (χ3n) is 3.56. The van der Waals surface area contributed by atoms with Crippen LogP contribution in [0.25, 0.3) is 0 Å². The zero-order chi connectivity index (χ0) is 13.5. The quantitative estimate of drug-likeness (QED) is 0.748. The van der Waals surface area contributed by atoms with Crippen molar-refractivity contribution in [2.75, 3.05) is 6.54 Å². The molecular formula is C15H23Cl2N. The minimum Gasteiger partial charge on any atom is -0.314 e. The van der Waals surface area contributed by atoms with Gasteiger partial charge in [0.05, 0.1) is 10.0 Å². The molecule has 18 heavy (non-hydrogen) atoms. The van der Waals surface area contributed by atoms with Crippen LogP contribution < -0.4 is 5.32 Å². The summed E-state index contributed by atoms with van der Waals surface area (Å²) in [5, 5.41) is 4.93. The second kappa shape index (κ2) is 8.04. The van der Waals surface area contributed by atoms with Gasteiger partial charge in [-0.15, -0.1) is 0 Å². The Balaban J connectivity index is 2.85. The standard InChI is InChI=1S/C15H23Cl2N/c1-4-11(5-2)14(18-6-3)10-12-8-7-9-13(16)15(12)17/h7-9,11,14,18H,4-6,10H2,1-3H3. The molecule has 1 N–H and O–H groups in total. The molecule has 0 radical (unpaired) electrons. The smallest absolute Gasteiger partial charge is 0.0624 e. The maximum absolute atomic E-state index is 6.27. The SMILES string of the molecule is CCNC(Cc1cccc(Cl)c1Cl)C(CC)CC. The van der Waals surface area contributed by atoms with Gasteiger partial charge in [0, 0.05) is 6.04 Å². The van der Waals surface area contributed by atoms with Gasteiger partial charge in [-0.25, -0.2) is 0 Å². The lowest BCUT2D eigenvalue weighted by atomic mass is 9.89. The van der Waals surface area contributed by atoms with Crippen molar-refractivity contribution in [1.82, 2.24) is 5.32 Å². The molecule has 1 rings (SSSR count). The normalized spacial score (nSPS) is 13.0. The lowest BCUT2D eigenvalue weighted by Gasteiger charge is -2.26. The molecule has 1 aromatic rings. The van der Waals surface area contributed by atoms with Crippen LogP contribution in [0.15, 0.2) is 18.2 Å². The molecule has 0 aliphatic rings. The molecule has 102 valence electrons. The van der Waals surface area contributed by atoms with Crippen molar-refractivity contribution < 1.29 is 0 Å². The maximum Gasteiger partial charge on any atom is 0.0624 e. The van der Waals surface area contributed by atoms with Crippen LogP contribution >= 0.6 is 23.2 Å². The molecule has 0 bridgehead atoms. The molecule has 3 heteroatoms. The highest BCUT2D eigenvalue weighted by Gasteiger charge is 2.19. The van der Waals surface area contributed by atoms with Crippen molar-refractivity contribution in [2.45, 2.75) is 46.1 Å². The van der Waals surface area contributed by atoms with Crippen molar-refractivity contribution >= 4 is 23.2 Å². The van der Waals surface area contributed by atoms with Crippen molar-refractivity contribution in [3.8, 4) is 0 Å². The van der Waals surface area contributed by atoms with Crippen molar-refractivity contribution in [1.29, 1.82) is 0 Å². The first-order valence-electron chi connectivity index (χ1n) is 6.80. The van der Waals surface area contributed by atoms with E-state index in [1.807, 2.05) is 12.1 Å². The fourth-order valence-electron chi connectivity index (χ4n) is 2.47. The Bertz CT molecular complexity index is 362. The molecule has 0 spiro atoms. The average molecular weight is 288 g/mol. The highest BCUT2D eigenvalue weighted by atomic mass is 35.5. The van der Waals surface area contributed by atoms with Crippen LogP contribution in [0.5, 0.6) is 0 Å². The van der Waals surface area contributed by atoms with E-state index in [0.29, 0.717) is 22.0 Å². The molecule has 1 unspecified atom stereocenters. The lowest BCUT2D eigenvalue weighted by Crippen LogP contribution is -2.37. The molecule has 0 aromatic heterocycles. The van der Waals surface area contributed by atoms with Crippen molar-refractivity contribution in [2.24, 2.45) is 5.92 Å². The van der Waals surface area contributed by atoms with Gasteiger partial charge in [-0.05, 0) is 30.5 Å². The van der Waals surface area contributed by atoms with Gasteiger partial charge in [-0.1, -0.05) is 68.9 Å². The molecule has 0 amide bonds. The lowest BCUT2D eigenvalue weighted by molar-refractivity contribution is 0.337. The molecule has 1 aromatic carbocycles. The summed E-state index contributed by atoms with van der Waals surface area (Å²) in [7, 11) is 0. The Labute approximate surface area is 121 Å². The van der Waals surface area contributed by atoms with E-state index < -0.39 is 0 Å². The summed E-state index contributed by atoms with van der Waals surface area (Å²) in [6.45, 7) is 7.63. The highest BCUT2D eigenvalue weighted by molar-refractivity contribution is 6.42. The van der Waals surface area contributed by atoms with Gasteiger partial charge in [-0.3, -0.25) is 0 Å². The monoisotopic (exact) mass is 287 g/mol. The number of rotatable bonds is 7. The van der Waals surface area contributed by atoms with Gasteiger partial charge < -0.3 is 5.32 Å². The Kier molecular flexibility index (Phi) is 7.06. The zero-order valence-electron chi connectivity index (χ0n) is 11.5. The molecule has 1 atom stereocenters. The van der Waals surface area contributed by atoms with Gasteiger partial charge in [0.15, 0.2) is 0 Å². The summed E-state index contributed by atoms with van der Waals surface area (Å²) >= 11 is 12.3. The van der Waals surface area contributed by atoms with Gasteiger partial charge >= 0.3 is 0 Å². The molecule has 0 saturated carbocycles. The number of nitrogens with one attached hydrogen (secondary N) is 1. The molecule has 0 saturated heterocycles. The Morgan fingerprint density at radius 3 is 2.33 bits per heavy atom. The zero-order valence-corrected chi connectivity index (χ0v) is 13.0. The minimum absolute atomic E-state index is 0.473. The third kappa shape index (κ3) is 4.15.